The Labute approximate surface area is 135 Å². The lowest BCUT2D eigenvalue weighted by Crippen LogP contribution is -2.15. The highest BCUT2D eigenvalue weighted by molar-refractivity contribution is 5.91. The molecule has 6 nitrogen and oxygen atoms in total. The molecule has 2 aromatic rings. The largest absolute Gasteiger partial charge is 0.508 e. The summed E-state index contributed by atoms with van der Waals surface area (Å²) in [6.45, 7) is 6.29. The van der Waals surface area contributed by atoms with Crippen molar-refractivity contribution in [3.63, 3.8) is 0 Å². The zero-order chi connectivity index (χ0) is 16.8. The predicted molar refractivity (Wildman–Crippen MR) is 87.8 cm³/mol. The Morgan fingerprint density at radius 2 is 1.78 bits per heavy atom. The molecule has 2 N–H and O–H groups in total. The molecule has 0 aliphatic heterocycles. The van der Waals surface area contributed by atoms with Crippen molar-refractivity contribution in [2.75, 3.05) is 18.5 Å². The summed E-state index contributed by atoms with van der Waals surface area (Å²) in [6.07, 6.45) is 0.779. The molecule has 0 bridgehead atoms. The maximum atomic E-state index is 11.9. The fourth-order valence-corrected chi connectivity index (χ4v) is 2.28. The van der Waals surface area contributed by atoms with Gasteiger partial charge in [-0.2, -0.15) is 0 Å². The molecule has 0 saturated carbocycles. The number of rotatable bonds is 6. The summed E-state index contributed by atoms with van der Waals surface area (Å²) < 4.78 is 5.02. The summed E-state index contributed by atoms with van der Waals surface area (Å²) >= 11 is 0. The van der Waals surface area contributed by atoms with Gasteiger partial charge in [0.1, 0.15) is 11.3 Å². The average molecular weight is 315 g/mol. The Kier molecular flexibility index (Phi) is 5.51. The number of nitrogens with one attached hydrogen (secondary N) is 1. The summed E-state index contributed by atoms with van der Waals surface area (Å²) in [7, 11) is 0. The topological polar surface area (TPSA) is 84.3 Å². The van der Waals surface area contributed by atoms with Gasteiger partial charge in [0, 0.05) is 6.54 Å². The zero-order valence-corrected chi connectivity index (χ0v) is 13.6. The van der Waals surface area contributed by atoms with Gasteiger partial charge in [0.05, 0.1) is 18.0 Å². The number of esters is 1. The second-order valence-electron chi connectivity index (χ2n) is 5.16. The van der Waals surface area contributed by atoms with Gasteiger partial charge in [0.2, 0.25) is 5.95 Å². The molecule has 6 heteroatoms. The lowest BCUT2D eigenvalue weighted by atomic mass is 10.1. The SMILES string of the molecule is CCOC(=O)c1c(C)nc(NCCc2ccc(O)cc2)nc1C. The van der Waals surface area contributed by atoms with Crippen LogP contribution in [0.1, 0.15) is 34.2 Å². The molecule has 0 saturated heterocycles. The van der Waals surface area contributed by atoms with Crippen molar-refractivity contribution in [3.05, 3.63) is 46.8 Å². The van der Waals surface area contributed by atoms with Crippen LogP contribution in [-0.2, 0) is 11.2 Å². The van der Waals surface area contributed by atoms with Crippen LogP contribution in [0, 0.1) is 13.8 Å². The van der Waals surface area contributed by atoms with Crippen molar-refractivity contribution in [3.8, 4) is 5.75 Å². The number of phenolic OH excluding ortho intramolecular Hbond substituents is 1. The highest BCUT2D eigenvalue weighted by Gasteiger charge is 2.16. The van der Waals surface area contributed by atoms with E-state index in [1.807, 2.05) is 12.1 Å². The van der Waals surface area contributed by atoms with Gasteiger partial charge < -0.3 is 15.2 Å². The van der Waals surface area contributed by atoms with Crippen LogP contribution in [0.3, 0.4) is 0 Å². The van der Waals surface area contributed by atoms with Crippen LogP contribution in [0.5, 0.6) is 5.75 Å². The Morgan fingerprint density at radius 1 is 1.17 bits per heavy atom. The van der Waals surface area contributed by atoms with E-state index in [4.69, 9.17) is 4.74 Å². The normalized spacial score (nSPS) is 10.4. The third-order valence-corrected chi connectivity index (χ3v) is 3.38. The lowest BCUT2D eigenvalue weighted by Gasteiger charge is -2.11. The van der Waals surface area contributed by atoms with Crippen molar-refractivity contribution in [2.24, 2.45) is 0 Å². The van der Waals surface area contributed by atoms with Crippen molar-refractivity contribution < 1.29 is 14.6 Å². The number of aromatic nitrogens is 2. The Morgan fingerprint density at radius 3 is 2.35 bits per heavy atom. The number of benzene rings is 1. The minimum absolute atomic E-state index is 0.255. The molecule has 0 atom stereocenters. The molecular formula is C17H21N3O3. The number of ether oxygens (including phenoxy) is 1. The predicted octanol–water partition coefficient (Wildman–Crippen LogP) is 2.63. The van der Waals surface area contributed by atoms with Crippen molar-refractivity contribution in [1.82, 2.24) is 9.97 Å². The molecule has 0 amide bonds. The van der Waals surface area contributed by atoms with Gasteiger partial charge >= 0.3 is 5.97 Å². The van der Waals surface area contributed by atoms with Crippen LogP contribution in [0.15, 0.2) is 24.3 Å². The minimum atomic E-state index is -0.391. The fourth-order valence-electron chi connectivity index (χ4n) is 2.28. The van der Waals surface area contributed by atoms with Crippen LogP contribution in [0.2, 0.25) is 0 Å². The van der Waals surface area contributed by atoms with E-state index in [0.717, 1.165) is 12.0 Å². The van der Waals surface area contributed by atoms with E-state index < -0.39 is 5.97 Å². The molecule has 2 rings (SSSR count). The monoisotopic (exact) mass is 315 g/mol. The summed E-state index contributed by atoms with van der Waals surface area (Å²) in [5.74, 6) is 0.357. The van der Waals surface area contributed by atoms with Gasteiger partial charge in [-0.25, -0.2) is 14.8 Å². The molecule has 122 valence electrons. The summed E-state index contributed by atoms with van der Waals surface area (Å²) in [6, 6.07) is 7.07. The first-order valence-electron chi connectivity index (χ1n) is 7.55. The van der Waals surface area contributed by atoms with E-state index in [1.54, 1.807) is 32.9 Å². The van der Waals surface area contributed by atoms with Crippen LogP contribution in [-0.4, -0.2) is 34.2 Å². The molecule has 0 unspecified atom stereocenters. The summed E-state index contributed by atoms with van der Waals surface area (Å²) in [4.78, 5) is 20.5. The number of carbonyl (C=O) groups is 1. The number of carbonyl (C=O) groups excluding carboxylic acids is 1. The van der Waals surface area contributed by atoms with Gasteiger partial charge in [-0.3, -0.25) is 0 Å². The first-order valence-corrected chi connectivity index (χ1v) is 7.55. The standard InChI is InChI=1S/C17H21N3O3/c1-4-23-16(22)15-11(2)19-17(20-12(15)3)18-10-9-13-5-7-14(21)8-6-13/h5-8,21H,4,9-10H2,1-3H3,(H,18,19,20). The van der Waals surface area contributed by atoms with Crippen LogP contribution >= 0.6 is 0 Å². The Balaban J connectivity index is 2.01. The van der Waals surface area contributed by atoms with Gasteiger partial charge in [-0.1, -0.05) is 12.1 Å². The van der Waals surface area contributed by atoms with E-state index in [1.165, 1.54) is 0 Å². The number of hydrogen-bond acceptors (Lipinski definition) is 6. The molecule has 23 heavy (non-hydrogen) atoms. The molecular weight excluding hydrogens is 294 g/mol. The van der Waals surface area contributed by atoms with E-state index in [0.29, 0.717) is 36.1 Å². The lowest BCUT2D eigenvalue weighted by molar-refractivity contribution is 0.0523. The highest BCUT2D eigenvalue weighted by atomic mass is 16.5. The fraction of sp³-hybridized carbons (Fsp3) is 0.353. The maximum Gasteiger partial charge on any atom is 0.341 e. The summed E-state index contributed by atoms with van der Waals surface area (Å²) in [5.41, 5.74) is 2.73. The van der Waals surface area contributed by atoms with Crippen LogP contribution in [0.25, 0.3) is 0 Å². The summed E-state index contributed by atoms with van der Waals surface area (Å²) in [5, 5.41) is 12.4. The van der Waals surface area contributed by atoms with E-state index >= 15 is 0 Å². The third-order valence-electron chi connectivity index (χ3n) is 3.38. The number of aryl methyl sites for hydroxylation is 2. The first-order chi connectivity index (χ1) is 11.0. The second-order valence-corrected chi connectivity index (χ2v) is 5.16. The maximum absolute atomic E-state index is 11.9. The number of aromatic hydroxyl groups is 1. The van der Waals surface area contributed by atoms with Gasteiger partial charge in [-0.05, 0) is 44.9 Å². The van der Waals surface area contributed by atoms with Crippen LogP contribution < -0.4 is 5.32 Å². The molecule has 0 radical (unpaired) electrons. The Bertz CT molecular complexity index is 661. The zero-order valence-electron chi connectivity index (χ0n) is 13.6. The average Bonchev–Trinajstić information content (AvgIpc) is 2.49. The number of hydrogen-bond donors (Lipinski definition) is 2. The van der Waals surface area contributed by atoms with Crippen molar-refractivity contribution in [1.29, 1.82) is 0 Å². The second kappa shape index (κ2) is 7.58. The van der Waals surface area contributed by atoms with Gasteiger partial charge in [0.15, 0.2) is 0 Å². The molecule has 1 heterocycles. The number of nitrogens with zero attached hydrogens (tertiary/aromatic N) is 2. The molecule has 1 aromatic heterocycles. The molecule has 0 fully saturated rings. The van der Waals surface area contributed by atoms with E-state index in [2.05, 4.69) is 15.3 Å². The number of phenols is 1. The smallest absolute Gasteiger partial charge is 0.341 e. The van der Waals surface area contributed by atoms with Gasteiger partial charge in [0.25, 0.3) is 0 Å². The quantitative estimate of drug-likeness (QED) is 0.797. The molecule has 0 aliphatic rings. The third kappa shape index (κ3) is 4.42. The van der Waals surface area contributed by atoms with Gasteiger partial charge in [-0.15, -0.1) is 0 Å². The molecule has 0 aliphatic carbocycles. The Hall–Kier alpha value is -2.63. The van der Waals surface area contributed by atoms with Crippen molar-refractivity contribution >= 4 is 11.9 Å². The number of anilines is 1. The first kappa shape index (κ1) is 16.7. The van der Waals surface area contributed by atoms with Crippen LogP contribution in [0.4, 0.5) is 5.95 Å². The highest BCUT2D eigenvalue weighted by Crippen LogP contribution is 2.14. The molecule has 1 aromatic carbocycles. The van der Waals surface area contributed by atoms with E-state index in [9.17, 15) is 9.90 Å². The minimum Gasteiger partial charge on any atom is -0.508 e. The van der Waals surface area contributed by atoms with E-state index in [-0.39, 0.29) is 5.75 Å². The molecule has 0 spiro atoms. The van der Waals surface area contributed by atoms with Crippen molar-refractivity contribution in [2.45, 2.75) is 27.2 Å².